The predicted octanol–water partition coefficient (Wildman–Crippen LogP) is 8.07. The number of unbranched alkanes of at least 4 members (excludes halogenated alkanes) is 2. The van der Waals surface area contributed by atoms with E-state index < -0.39 is 20.4 Å². The quantitative estimate of drug-likeness (QED) is 0.110. The molecule has 4 rings (SSSR count). The van der Waals surface area contributed by atoms with Gasteiger partial charge < -0.3 is 14.0 Å². The molecule has 1 unspecified atom stereocenters. The zero-order valence-corrected chi connectivity index (χ0v) is 22.5. The normalized spacial score (nSPS) is 13.6. The number of esters is 1. The summed E-state index contributed by atoms with van der Waals surface area (Å²) in [6, 6.07) is 19.3. The molecule has 3 aromatic rings. The van der Waals surface area contributed by atoms with Gasteiger partial charge in [-0.3, -0.25) is 9.32 Å². The van der Waals surface area contributed by atoms with Crippen LogP contribution in [0.25, 0.3) is 16.9 Å². The molecular weight excluding hydrogens is 487 g/mol. The third-order valence-corrected chi connectivity index (χ3v) is 7.87. The van der Waals surface area contributed by atoms with E-state index >= 15 is 0 Å². The van der Waals surface area contributed by atoms with E-state index in [9.17, 15) is 9.36 Å². The summed E-state index contributed by atoms with van der Waals surface area (Å²) < 4.78 is 37.2. The smallest absolute Gasteiger partial charge is 0.386 e. The Hall–Kier alpha value is -3.34. The first-order chi connectivity index (χ1) is 17.8. The topological polar surface area (TPSA) is 71.1 Å². The maximum atomic E-state index is 14.1. The highest BCUT2D eigenvalue weighted by atomic mass is 31.2. The number of carbonyl (C=O) groups is 1. The number of aryl methyl sites for hydroxylation is 2. The first-order valence-electron chi connectivity index (χ1n) is 12.5. The predicted molar refractivity (Wildman–Crippen MR) is 146 cm³/mol. The van der Waals surface area contributed by atoms with E-state index in [0.717, 1.165) is 53.5 Å². The highest BCUT2D eigenvalue weighted by Gasteiger charge is 2.32. The first kappa shape index (κ1) is 26.7. The Labute approximate surface area is 218 Å². The number of benzene rings is 3. The summed E-state index contributed by atoms with van der Waals surface area (Å²) in [5.74, 6) is 1.04. The Kier molecular flexibility index (Phi) is 8.52. The van der Waals surface area contributed by atoms with E-state index in [1.54, 1.807) is 0 Å². The fourth-order valence-electron chi connectivity index (χ4n) is 4.33. The van der Waals surface area contributed by atoms with E-state index in [-0.39, 0.29) is 6.16 Å². The lowest BCUT2D eigenvalue weighted by molar-refractivity contribution is -0.147. The molecule has 0 spiro atoms. The molecule has 194 valence electrons. The zero-order valence-electron chi connectivity index (χ0n) is 21.6. The van der Waals surface area contributed by atoms with Crippen LogP contribution in [-0.4, -0.2) is 12.8 Å². The lowest BCUT2D eigenvalue weighted by atomic mass is 9.91. The number of ether oxygens (including phenoxy) is 2. The molecule has 37 heavy (non-hydrogen) atoms. The Morgan fingerprint density at radius 3 is 2.51 bits per heavy atom. The van der Waals surface area contributed by atoms with Gasteiger partial charge in [-0.15, -0.1) is 0 Å². The Bertz CT molecular complexity index is 1330. The van der Waals surface area contributed by atoms with E-state index in [1.807, 2.05) is 67.6 Å². The number of hydrogen-bond donors (Lipinski definition) is 0. The van der Waals surface area contributed by atoms with Crippen LogP contribution >= 0.6 is 7.60 Å². The Morgan fingerprint density at radius 2 is 1.78 bits per heavy atom. The lowest BCUT2D eigenvalue weighted by Crippen LogP contribution is -2.10. The van der Waals surface area contributed by atoms with Crippen LogP contribution in [0.3, 0.4) is 0 Å². The van der Waals surface area contributed by atoms with Crippen molar-refractivity contribution in [3.8, 4) is 22.6 Å². The molecule has 0 amide bonds. The molecule has 0 aliphatic carbocycles. The van der Waals surface area contributed by atoms with Crippen molar-refractivity contribution in [3.63, 3.8) is 0 Å². The van der Waals surface area contributed by atoms with Gasteiger partial charge in [-0.05, 0) is 43.0 Å². The van der Waals surface area contributed by atoms with Gasteiger partial charge >= 0.3 is 13.6 Å². The fourth-order valence-corrected chi connectivity index (χ4v) is 5.86. The second-order valence-corrected chi connectivity index (χ2v) is 11.2. The maximum Gasteiger partial charge on any atom is 0.386 e. The molecule has 1 heterocycles. The van der Waals surface area contributed by atoms with E-state index in [0.29, 0.717) is 22.8 Å². The van der Waals surface area contributed by atoms with Gasteiger partial charge in [-0.1, -0.05) is 80.4 Å². The summed E-state index contributed by atoms with van der Waals surface area (Å²) in [6.45, 7) is 9.09. The van der Waals surface area contributed by atoms with E-state index in [1.165, 1.54) is 6.92 Å². The summed E-state index contributed by atoms with van der Waals surface area (Å²) in [5, 5.41) is 0. The molecule has 7 heteroatoms. The molecule has 0 radical (unpaired) electrons. The zero-order chi connectivity index (χ0) is 26.4. The van der Waals surface area contributed by atoms with Crippen molar-refractivity contribution in [2.45, 2.75) is 52.6 Å². The monoisotopic (exact) mass is 520 g/mol. The van der Waals surface area contributed by atoms with Crippen molar-refractivity contribution >= 4 is 19.3 Å². The second-order valence-electron chi connectivity index (χ2n) is 9.23. The third kappa shape index (κ3) is 6.71. The minimum atomic E-state index is -3.81. The maximum absolute atomic E-state index is 14.1. The molecule has 0 N–H and O–H groups in total. The van der Waals surface area contributed by atoms with Gasteiger partial charge in [0.15, 0.2) is 0 Å². The summed E-state index contributed by atoms with van der Waals surface area (Å²) in [5.41, 5.74) is 5.30. The molecule has 0 fully saturated rings. The number of carbonyl (C=O) groups excluding carboxylic acids is 1. The minimum absolute atomic E-state index is 0.0121. The van der Waals surface area contributed by atoms with Gasteiger partial charge in [0, 0.05) is 18.1 Å². The minimum Gasteiger partial charge on any atom is -0.457 e. The molecule has 1 atom stereocenters. The second kappa shape index (κ2) is 11.8. The van der Waals surface area contributed by atoms with E-state index in [4.69, 9.17) is 18.5 Å². The van der Waals surface area contributed by atoms with Gasteiger partial charge in [-0.2, -0.15) is 0 Å². The van der Waals surface area contributed by atoms with Crippen molar-refractivity contribution in [1.29, 1.82) is 0 Å². The molecule has 0 saturated heterocycles. The molecule has 0 bridgehead atoms. The average Bonchev–Trinajstić information content (AvgIpc) is 2.84. The number of hydrogen-bond acceptors (Lipinski definition) is 6. The summed E-state index contributed by atoms with van der Waals surface area (Å²) in [6.07, 6.45) is 4.05. The Balaban J connectivity index is 1.79. The lowest BCUT2D eigenvalue weighted by Gasteiger charge is -2.27. The molecular formula is C30H33O6P. The van der Waals surface area contributed by atoms with Crippen molar-refractivity contribution in [2.75, 3.05) is 6.79 Å². The van der Waals surface area contributed by atoms with Crippen LogP contribution in [0.15, 0.2) is 67.2 Å². The molecule has 1 aliphatic rings. The first-order valence-corrected chi connectivity index (χ1v) is 14.3. The Morgan fingerprint density at radius 1 is 1.00 bits per heavy atom. The molecule has 0 aromatic heterocycles. The highest BCUT2D eigenvalue weighted by molar-refractivity contribution is 7.53. The largest absolute Gasteiger partial charge is 0.457 e. The van der Waals surface area contributed by atoms with Crippen LogP contribution in [0, 0.1) is 6.92 Å². The van der Waals surface area contributed by atoms with Crippen molar-refractivity contribution < 1.29 is 27.9 Å². The average molecular weight is 521 g/mol. The highest BCUT2D eigenvalue weighted by Crippen LogP contribution is 2.56. The van der Waals surface area contributed by atoms with Gasteiger partial charge in [0.25, 0.3) is 0 Å². The standard InChI is InChI=1S/C30H33O6P/c1-5-6-8-13-25-17-28-30(27-16-21(2)14-15-26(27)22(3)35-28)29(18-25)36-37(32,34-20-33-23(4)31)19-24-11-9-7-10-12-24/h7,9-12,14-18H,3,5-6,8,13,19-20H2,1-2,4H3. The molecule has 1 aliphatic heterocycles. The summed E-state index contributed by atoms with van der Waals surface area (Å²) >= 11 is 0. The fraction of sp³-hybridized carbons (Fsp3) is 0.300. The summed E-state index contributed by atoms with van der Waals surface area (Å²) in [4.78, 5) is 11.4. The van der Waals surface area contributed by atoms with Gasteiger partial charge in [-0.25, -0.2) is 4.57 Å². The van der Waals surface area contributed by atoms with Crippen LogP contribution in [0.5, 0.6) is 11.5 Å². The van der Waals surface area contributed by atoms with Crippen LogP contribution < -0.4 is 9.26 Å². The van der Waals surface area contributed by atoms with Crippen molar-refractivity contribution in [2.24, 2.45) is 0 Å². The summed E-state index contributed by atoms with van der Waals surface area (Å²) in [7, 11) is -3.81. The third-order valence-electron chi connectivity index (χ3n) is 6.14. The SMILES string of the molecule is C=C1Oc2cc(CCCCC)cc(OP(=O)(Cc3ccccc3)OCOC(C)=O)c2-c2cc(C)ccc21. The molecule has 6 nitrogen and oxygen atoms in total. The van der Waals surface area contributed by atoms with E-state index in [2.05, 4.69) is 13.5 Å². The number of rotatable bonds is 11. The van der Waals surface area contributed by atoms with Crippen molar-refractivity contribution in [1.82, 2.24) is 0 Å². The molecule has 3 aromatic carbocycles. The van der Waals surface area contributed by atoms with Crippen LogP contribution in [-0.2, 0) is 31.2 Å². The van der Waals surface area contributed by atoms with Crippen molar-refractivity contribution in [3.05, 3.63) is 89.5 Å². The van der Waals surface area contributed by atoms with Crippen LogP contribution in [0.1, 0.15) is 55.4 Å². The van der Waals surface area contributed by atoms with Gasteiger partial charge in [0.05, 0.1) is 11.7 Å². The van der Waals surface area contributed by atoms with Crippen LogP contribution in [0.4, 0.5) is 0 Å². The number of fused-ring (bicyclic) bond motifs is 3. The van der Waals surface area contributed by atoms with Gasteiger partial charge in [0.2, 0.25) is 6.79 Å². The molecule has 0 saturated carbocycles. The van der Waals surface area contributed by atoms with Gasteiger partial charge in [0.1, 0.15) is 17.3 Å². The van der Waals surface area contributed by atoms with Crippen LogP contribution in [0.2, 0.25) is 0 Å².